The smallest absolute Gasteiger partial charge is 0.337 e. The van der Waals surface area contributed by atoms with Crippen LogP contribution in [0, 0.1) is 6.92 Å². The number of benzene rings is 1. The van der Waals surface area contributed by atoms with E-state index in [1.165, 1.54) is 18.5 Å². The van der Waals surface area contributed by atoms with Crippen molar-refractivity contribution in [1.82, 2.24) is 4.98 Å². The molecule has 0 aliphatic carbocycles. The van der Waals surface area contributed by atoms with E-state index in [2.05, 4.69) is 20.9 Å². The molecule has 1 N–H and O–H groups in total. The molecule has 0 spiro atoms. The summed E-state index contributed by atoms with van der Waals surface area (Å²) in [4.78, 5) is 27.0. The van der Waals surface area contributed by atoms with Crippen LogP contribution in [0.3, 0.4) is 0 Å². The number of hydrogen-bond acceptors (Lipinski definition) is 3. The largest absolute Gasteiger partial charge is 0.478 e. The molecule has 0 amide bonds. The summed E-state index contributed by atoms with van der Waals surface area (Å²) in [5.41, 5.74) is 1.62. The van der Waals surface area contributed by atoms with E-state index in [1.807, 2.05) is 13.0 Å². The zero-order chi connectivity index (χ0) is 14.0. The number of aryl methyl sites for hydroxylation is 1. The Morgan fingerprint density at radius 1 is 1.16 bits per heavy atom. The Morgan fingerprint density at radius 2 is 1.84 bits per heavy atom. The topological polar surface area (TPSA) is 67.3 Å². The first-order chi connectivity index (χ1) is 8.99. The third-order valence-electron chi connectivity index (χ3n) is 2.68. The molecule has 1 heterocycles. The number of pyridine rings is 1. The van der Waals surface area contributed by atoms with E-state index in [4.69, 9.17) is 5.11 Å². The minimum Gasteiger partial charge on any atom is -0.478 e. The number of ketones is 1. The second-order valence-electron chi connectivity index (χ2n) is 4.06. The van der Waals surface area contributed by atoms with Crippen LogP contribution >= 0.6 is 15.9 Å². The first-order valence-electron chi connectivity index (χ1n) is 5.48. The molecule has 0 radical (unpaired) electrons. The summed E-state index contributed by atoms with van der Waals surface area (Å²) < 4.78 is 0.888. The maximum absolute atomic E-state index is 12.3. The second-order valence-corrected chi connectivity index (χ2v) is 4.97. The van der Waals surface area contributed by atoms with Crippen molar-refractivity contribution in [3.8, 4) is 0 Å². The van der Waals surface area contributed by atoms with Gasteiger partial charge in [-0.05, 0) is 36.8 Å². The van der Waals surface area contributed by atoms with Crippen molar-refractivity contribution in [2.45, 2.75) is 6.92 Å². The summed E-state index contributed by atoms with van der Waals surface area (Å²) in [5, 5.41) is 8.90. The van der Waals surface area contributed by atoms with Gasteiger partial charge in [0.05, 0.1) is 5.56 Å². The van der Waals surface area contributed by atoms with Crippen molar-refractivity contribution < 1.29 is 14.7 Å². The normalized spacial score (nSPS) is 10.2. The van der Waals surface area contributed by atoms with Gasteiger partial charge in [-0.25, -0.2) is 4.79 Å². The molecule has 1 aromatic heterocycles. The molecule has 0 aliphatic heterocycles. The monoisotopic (exact) mass is 319 g/mol. The highest BCUT2D eigenvalue weighted by molar-refractivity contribution is 9.10. The highest BCUT2D eigenvalue weighted by Crippen LogP contribution is 2.19. The number of hydrogen-bond donors (Lipinski definition) is 1. The Labute approximate surface area is 118 Å². The summed E-state index contributed by atoms with van der Waals surface area (Å²) in [6, 6.07) is 6.64. The van der Waals surface area contributed by atoms with Gasteiger partial charge in [0.25, 0.3) is 0 Å². The fourth-order valence-electron chi connectivity index (χ4n) is 1.72. The molecule has 96 valence electrons. The number of nitrogens with zero attached hydrogens (tertiary/aromatic N) is 1. The van der Waals surface area contributed by atoms with Crippen molar-refractivity contribution in [3.05, 3.63) is 63.4 Å². The lowest BCUT2D eigenvalue weighted by Gasteiger charge is -2.06. The number of carbonyl (C=O) groups excluding carboxylic acids is 1. The Morgan fingerprint density at radius 3 is 2.47 bits per heavy atom. The summed E-state index contributed by atoms with van der Waals surface area (Å²) >= 11 is 3.33. The molecule has 5 heteroatoms. The molecule has 2 rings (SSSR count). The fourth-order valence-corrected chi connectivity index (χ4v) is 2.19. The molecule has 0 fully saturated rings. The van der Waals surface area contributed by atoms with Crippen molar-refractivity contribution in [1.29, 1.82) is 0 Å². The number of carboxylic acids is 1. The third kappa shape index (κ3) is 2.88. The minimum absolute atomic E-state index is 0.000569. The summed E-state index contributed by atoms with van der Waals surface area (Å²) in [5.74, 6) is -1.34. The summed E-state index contributed by atoms with van der Waals surface area (Å²) in [7, 11) is 0. The third-order valence-corrected chi connectivity index (χ3v) is 3.17. The van der Waals surface area contributed by atoms with Crippen molar-refractivity contribution in [2.75, 3.05) is 0 Å². The molecule has 0 aliphatic rings. The Balaban J connectivity index is 2.44. The van der Waals surface area contributed by atoms with Gasteiger partial charge in [0, 0.05) is 28.0 Å². The lowest BCUT2D eigenvalue weighted by molar-refractivity contribution is 0.0696. The molecular weight excluding hydrogens is 310 g/mol. The Kier molecular flexibility index (Phi) is 3.76. The van der Waals surface area contributed by atoms with E-state index in [1.54, 1.807) is 12.1 Å². The summed E-state index contributed by atoms with van der Waals surface area (Å²) in [6.45, 7) is 1.83. The maximum Gasteiger partial charge on any atom is 0.337 e. The van der Waals surface area contributed by atoms with Crippen LogP contribution < -0.4 is 0 Å². The molecule has 2 aromatic rings. The van der Waals surface area contributed by atoms with Crippen LogP contribution in [0.15, 0.2) is 41.1 Å². The number of rotatable bonds is 3. The zero-order valence-corrected chi connectivity index (χ0v) is 11.6. The van der Waals surface area contributed by atoms with Gasteiger partial charge in [-0.1, -0.05) is 15.9 Å². The van der Waals surface area contributed by atoms with Crippen LogP contribution in [-0.2, 0) is 0 Å². The van der Waals surface area contributed by atoms with E-state index < -0.39 is 5.97 Å². The van der Waals surface area contributed by atoms with E-state index in [0.29, 0.717) is 5.56 Å². The molecule has 0 bridgehead atoms. The molecule has 0 saturated heterocycles. The predicted octanol–water partition coefficient (Wildman–Crippen LogP) is 3.08. The van der Waals surface area contributed by atoms with E-state index in [0.717, 1.165) is 10.0 Å². The Bertz CT molecular complexity index is 667. The average Bonchev–Trinajstić information content (AvgIpc) is 2.38. The van der Waals surface area contributed by atoms with Crippen LogP contribution in [0.5, 0.6) is 0 Å². The van der Waals surface area contributed by atoms with Gasteiger partial charge < -0.3 is 5.11 Å². The molecule has 0 atom stereocenters. The zero-order valence-electron chi connectivity index (χ0n) is 10.1. The van der Waals surface area contributed by atoms with Crippen molar-refractivity contribution >= 4 is 27.7 Å². The van der Waals surface area contributed by atoms with Gasteiger partial charge in [-0.2, -0.15) is 0 Å². The first-order valence-corrected chi connectivity index (χ1v) is 6.27. The highest BCUT2D eigenvalue weighted by Gasteiger charge is 2.14. The summed E-state index contributed by atoms with van der Waals surface area (Å²) in [6.07, 6.45) is 2.59. The van der Waals surface area contributed by atoms with Crippen LogP contribution in [-0.4, -0.2) is 21.8 Å². The highest BCUT2D eigenvalue weighted by atomic mass is 79.9. The fraction of sp³-hybridized carbons (Fsp3) is 0.0714. The van der Waals surface area contributed by atoms with Crippen LogP contribution in [0.2, 0.25) is 0 Å². The number of aromatic nitrogens is 1. The van der Waals surface area contributed by atoms with Gasteiger partial charge in [-0.15, -0.1) is 0 Å². The van der Waals surface area contributed by atoms with E-state index >= 15 is 0 Å². The standard InChI is InChI=1S/C14H10BrNO3/c1-8-4-11(15)2-3-12(8)13(17)9-5-10(14(18)19)7-16-6-9/h2-7H,1H3,(H,18,19). The van der Waals surface area contributed by atoms with Gasteiger partial charge in [0.2, 0.25) is 0 Å². The van der Waals surface area contributed by atoms with Gasteiger partial charge >= 0.3 is 5.97 Å². The molecule has 0 unspecified atom stereocenters. The van der Waals surface area contributed by atoms with Gasteiger partial charge in [0.1, 0.15) is 0 Å². The minimum atomic E-state index is -1.10. The Hall–Kier alpha value is -2.01. The second kappa shape index (κ2) is 5.32. The maximum atomic E-state index is 12.3. The van der Waals surface area contributed by atoms with Gasteiger partial charge in [0.15, 0.2) is 5.78 Å². The molecule has 0 saturated carbocycles. The van der Waals surface area contributed by atoms with E-state index in [-0.39, 0.29) is 16.9 Å². The van der Waals surface area contributed by atoms with Crippen molar-refractivity contribution in [2.24, 2.45) is 0 Å². The number of aromatic carboxylic acids is 1. The lowest BCUT2D eigenvalue weighted by atomic mass is 9.99. The quantitative estimate of drug-likeness (QED) is 0.883. The van der Waals surface area contributed by atoms with Crippen LogP contribution in [0.4, 0.5) is 0 Å². The number of carbonyl (C=O) groups is 2. The average molecular weight is 320 g/mol. The van der Waals surface area contributed by atoms with E-state index in [9.17, 15) is 9.59 Å². The molecular formula is C14H10BrNO3. The van der Waals surface area contributed by atoms with Crippen LogP contribution in [0.1, 0.15) is 31.8 Å². The van der Waals surface area contributed by atoms with Crippen molar-refractivity contribution in [3.63, 3.8) is 0 Å². The van der Waals surface area contributed by atoms with Gasteiger partial charge in [-0.3, -0.25) is 9.78 Å². The number of carboxylic acid groups (broad SMARTS) is 1. The molecule has 1 aromatic carbocycles. The van der Waals surface area contributed by atoms with Crippen LogP contribution in [0.25, 0.3) is 0 Å². The lowest BCUT2D eigenvalue weighted by Crippen LogP contribution is -2.06. The predicted molar refractivity (Wildman–Crippen MR) is 73.5 cm³/mol. The molecule has 19 heavy (non-hydrogen) atoms. The first kappa shape index (κ1) is 13.4. The number of halogens is 1. The molecule has 4 nitrogen and oxygen atoms in total. The SMILES string of the molecule is Cc1cc(Br)ccc1C(=O)c1cncc(C(=O)O)c1.